The highest BCUT2D eigenvalue weighted by atomic mass is 17.9. The van der Waals surface area contributed by atoms with Crippen LogP contribution >= 0.6 is 0 Å². The van der Waals surface area contributed by atoms with Crippen molar-refractivity contribution in [2.75, 3.05) is 6.61 Å². The molecular weight excluding hydrogens is 336 g/mol. The van der Waals surface area contributed by atoms with Crippen molar-refractivity contribution in [1.29, 1.82) is 0 Å². The number of hydrogen-bond acceptors (Lipinski definition) is 9. The molecule has 0 N–H and O–H groups in total. The average molecular weight is 368 g/mol. The summed E-state index contributed by atoms with van der Waals surface area (Å²) in [5.74, 6) is 0.829. The average Bonchev–Trinajstić information content (AvgIpc) is 2.60. The first-order valence-electron chi connectivity index (χ1n) is 8.83. The van der Waals surface area contributed by atoms with E-state index in [1.165, 1.54) is 51.4 Å². The van der Waals surface area contributed by atoms with Gasteiger partial charge in [-0.05, 0) is 27.5 Å². The molecule has 0 aromatic rings. The van der Waals surface area contributed by atoms with Gasteiger partial charge in [0.2, 0.25) is 0 Å². The Bertz CT molecular complexity index is 264. The van der Waals surface area contributed by atoms with Gasteiger partial charge < -0.3 is 4.89 Å². The van der Waals surface area contributed by atoms with Crippen LogP contribution in [0.15, 0.2) is 12.8 Å². The highest BCUT2D eigenvalue weighted by Gasteiger charge is 1.97. The zero-order valence-corrected chi connectivity index (χ0v) is 15.3. The van der Waals surface area contributed by atoms with Gasteiger partial charge in [0.1, 0.15) is 6.26 Å². The standard InChI is InChI=1S/C16H32O9/c1-4-17-19-21-23-25-24-22-20-18-15-13-11-9-7-5-6-8-10-12-14-16(2)3/h4,16H,1,5-15H2,2-3H3. The number of unbranched alkanes of at least 4 members (excludes halogenated alkanes) is 8. The molecule has 0 heterocycles. The Labute approximate surface area is 149 Å². The molecule has 0 aliphatic rings. The molecule has 9 heteroatoms. The third kappa shape index (κ3) is 23.2. The molecule has 0 spiro atoms. The second kappa shape index (κ2) is 21.3. The van der Waals surface area contributed by atoms with E-state index in [1.54, 1.807) is 0 Å². The minimum absolute atomic E-state index is 0.381. The molecular formula is C16H32O9. The molecule has 25 heavy (non-hydrogen) atoms. The Morgan fingerprint density at radius 2 is 1.12 bits per heavy atom. The van der Waals surface area contributed by atoms with Gasteiger partial charge in [0.25, 0.3) is 0 Å². The minimum Gasteiger partial charge on any atom is -0.315 e. The fourth-order valence-electron chi connectivity index (χ4n) is 2.11. The van der Waals surface area contributed by atoms with Crippen LogP contribution in [0.5, 0.6) is 0 Å². The molecule has 0 aromatic carbocycles. The molecule has 0 aromatic heterocycles. The van der Waals surface area contributed by atoms with E-state index in [-0.39, 0.29) is 0 Å². The number of rotatable bonds is 21. The summed E-state index contributed by atoms with van der Waals surface area (Å²) in [6.07, 6.45) is 13.4. The maximum atomic E-state index is 4.68. The van der Waals surface area contributed by atoms with Crippen molar-refractivity contribution in [3.63, 3.8) is 0 Å². The summed E-state index contributed by atoms with van der Waals surface area (Å²) in [5, 5.41) is 27.3. The molecule has 0 atom stereocenters. The molecule has 0 radical (unpaired) electrons. The monoisotopic (exact) mass is 368 g/mol. The van der Waals surface area contributed by atoms with Crippen molar-refractivity contribution in [3.8, 4) is 0 Å². The Balaban J connectivity index is 2.97. The van der Waals surface area contributed by atoms with Gasteiger partial charge in [0, 0.05) is 20.2 Å². The largest absolute Gasteiger partial charge is 0.315 e. The van der Waals surface area contributed by atoms with Gasteiger partial charge in [-0.1, -0.05) is 78.2 Å². The van der Waals surface area contributed by atoms with Crippen molar-refractivity contribution in [2.24, 2.45) is 5.92 Å². The van der Waals surface area contributed by atoms with E-state index in [0.29, 0.717) is 6.61 Å². The molecule has 0 amide bonds. The Morgan fingerprint density at radius 1 is 0.640 bits per heavy atom. The van der Waals surface area contributed by atoms with Crippen LogP contribution in [0.25, 0.3) is 0 Å². The van der Waals surface area contributed by atoms with Crippen LogP contribution in [0.4, 0.5) is 0 Å². The maximum Gasteiger partial charge on any atom is 0.125 e. The van der Waals surface area contributed by atoms with Crippen LogP contribution in [-0.2, 0) is 45.0 Å². The predicted molar refractivity (Wildman–Crippen MR) is 85.8 cm³/mol. The molecule has 0 saturated carbocycles. The fraction of sp³-hybridized carbons (Fsp3) is 0.875. The van der Waals surface area contributed by atoms with E-state index in [0.717, 1.165) is 25.0 Å². The molecule has 0 bridgehead atoms. The van der Waals surface area contributed by atoms with E-state index >= 15 is 0 Å². The number of hydrogen-bond donors (Lipinski definition) is 0. The van der Waals surface area contributed by atoms with Gasteiger partial charge in [-0.15, -0.1) is 0 Å². The highest BCUT2D eigenvalue weighted by Crippen LogP contribution is 2.13. The van der Waals surface area contributed by atoms with Crippen LogP contribution in [0.1, 0.15) is 78.1 Å². The topological polar surface area (TPSA) is 83.1 Å². The van der Waals surface area contributed by atoms with Gasteiger partial charge in [-0.3, -0.25) is 0 Å². The van der Waals surface area contributed by atoms with Crippen LogP contribution in [0, 0.1) is 5.92 Å². The fourth-order valence-corrected chi connectivity index (χ4v) is 2.11. The molecule has 0 saturated heterocycles. The van der Waals surface area contributed by atoms with E-state index < -0.39 is 0 Å². The van der Waals surface area contributed by atoms with Gasteiger partial charge in [0.05, 0.1) is 6.61 Å². The first-order chi connectivity index (χ1) is 12.3. The van der Waals surface area contributed by atoms with E-state index in [1.807, 2.05) is 0 Å². The second-order valence-electron chi connectivity index (χ2n) is 5.93. The van der Waals surface area contributed by atoms with E-state index in [4.69, 9.17) is 0 Å². The highest BCUT2D eigenvalue weighted by molar-refractivity contribution is 4.49. The molecule has 0 fully saturated rings. The summed E-state index contributed by atoms with van der Waals surface area (Å²) in [4.78, 5) is 8.73. The van der Waals surface area contributed by atoms with E-state index in [2.05, 4.69) is 65.5 Å². The van der Waals surface area contributed by atoms with Crippen LogP contribution in [0.3, 0.4) is 0 Å². The van der Waals surface area contributed by atoms with Crippen molar-refractivity contribution in [1.82, 2.24) is 0 Å². The molecule has 0 aliphatic heterocycles. The van der Waals surface area contributed by atoms with Crippen LogP contribution in [0.2, 0.25) is 0 Å². The quantitative estimate of drug-likeness (QED) is 0.118. The Morgan fingerprint density at radius 3 is 1.68 bits per heavy atom. The first kappa shape index (κ1) is 24.2. The summed E-state index contributed by atoms with van der Waals surface area (Å²) in [5.41, 5.74) is 0. The summed E-state index contributed by atoms with van der Waals surface area (Å²) in [6, 6.07) is 0. The zero-order chi connectivity index (χ0) is 18.4. The van der Waals surface area contributed by atoms with Crippen LogP contribution in [-0.4, -0.2) is 6.61 Å². The van der Waals surface area contributed by atoms with Crippen molar-refractivity contribution < 1.29 is 45.0 Å². The third-order valence-corrected chi connectivity index (χ3v) is 3.33. The van der Waals surface area contributed by atoms with Crippen LogP contribution < -0.4 is 0 Å². The lowest BCUT2D eigenvalue weighted by Crippen LogP contribution is -2.02. The van der Waals surface area contributed by atoms with Gasteiger partial charge in [-0.25, -0.2) is 4.89 Å². The maximum absolute atomic E-state index is 4.68. The Kier molecular flexibility index (Phi) is 20.6. The van der Waals surface area contributed by atoms with Crippen molar-refractivity contribution in [2.45, 2.75) is 78.1 Å². The second-order valence-corrected chi connectivity index (χ2v) is 5.93. The normalized spacial score (nSPS) is 11.2. The summed E-state index contributed by atoms with van der Waals surface area (Å²) in [6.45, 7) is 8.11. The predicted octanol–water partition coefficient (Wildman–Crippen LogP) is 5.16. The summed E-state index contributed by atoms with van der Waals surface area (Å²) in [7, 11) is 0. The smallest absolute Gasteiger partial charge is 0.125 e. The lowest BCUT2D eigenvalue weighted by Gasteiger charge is -2.04. The zero-order valence-electron chi connectivity index (χ0n) is 15.3. The lowest BCUT2D eigenvalue weighted by molar-refractivity contribution is -0.829. The lowest BCUT2D eigenvalue weighted by atomic mass is 10.0. The molecule has 150 valence electrons. The molecule has 0 unspecified atom stereocenters. The Hall–Kier alpha value is -0.780. The molecule has 0 rings (SSSR count). The van der Waals surface area contributed by atoms with Crippen molar-refractivity contribution in [3.05, 3.63) is 12.8 Å². The van der Waals surface area contributed by atoms with Gasteiger partial charge in [0.15, 0.2) is 0 Å². The van der Waals surface area contributed by atoms with Gasteiger partial charge in [-0.2, -0.15) is 0 Å². The van der Waals surface area contributed by atoms with Crippen molar-refractivity contribution >= 4 is 0 Å². The minimum atomic E-state index is 0.381. The molecule has 0 aliphatic carbocycles. The third-order valence-electron chi connectivity index (χ3n) is 3.33. The molecule has 9 nitrogen and oxygen atoms in total. The summed E-state index contributed by atoms with van der Waals surface area (Å²) >= 11 is 0. The first-order valence-corrected chi connectivity index (χ1v) is 8.83. The summed E-state index contributed by atoms with van der Waals surface area (Å²) < 4.78 is 0. The SMILES string of the molecule is C=COOOOOOOOOCCCCCCCCCCCC(C)C. The van der Waals surface area contributed by atoms with E-state index in [9.17, 15) is 0 Å². The van der Waals surface area contributed by atoms with Gasteiger partial charge >= 0.3 is 0 Å².